The lowest BCUT2D eigenvalue weighted by Gasteiger charge is -2.21. The van der Waals surface area contributed by atoms with Crippen molar-refractivity contribution in [1.29, 1.82) is 0 Å². The Morgan fingerprint density at radius 1 is 1.54 bits per heavy atom. The molecule has 1 unspecified atom stereocenters. The van der Waals surface area contributed by atoms with Crippen molar-refractivity contribution in [3.05, 3.63) is 12.2 Å². The quantitative estimate of drug-likeness (QED) is 0.552. The van der Waals surface area contributed by atoms with E-state index in [1.165, 1.54) is 12.8 Å². The Hall–Kier alpha value is -0.200. The smallest absolute Gasteiger partial charge is 0.176 e. The molecule has 1 aliphatic rings. The first-order chi connectivity index (χ1) is 6.20. The van der Waals surface area contributed by atoms with Gasteiger partial charge in [-0.25, -0.2) is 0 Å². The third kappa shape index (κ3) is 4.02. The maximum absolute atomic E-state index is 11.3. The third-order valence-corrected chi connectivity index (χ3v) is 3.93. The van der Waals surface area contributed by atoms with Gasteiger partial charge in [-0.15, -0.1) is 0 Å². The number of nitrogens with one attached hydrogen (secondary N) is 1. The number of rotatable bonds is 4. The van der Waals surface area contributed by atoms with Crippen LogP contribution in [0.15, 0.2) is 12.2 Å². The van der Waals surface area contributed by atoms with Crippen LogP contribution in [-0.2, 0) is 4.79 Å². The molecule has 1 rings (SSSR count). The molecule has 74 valence electrons. The van der Waals surface area contributed by atoms with E-state index in [1.54, 1.807) is 6.92 Å². The van der Waals surface area contributed by atoms with Gasteiger partial charge in [0.1, 0.15) is 0 Å². The van der Waals surface area contributed by atoms with Crippen LogP contribution >= 0.6 is 8.58 Å². The summed E-state index contributed by atoms with van der Waals surface area (Å²) in [7, 11) is 0.451. The molecule has 2 nitrogen and oxygen atoms in total. The number of hydrogen-bond acceptors (Lipinski definition) is 2. The molecule has 0 saturated carbocycles. The molecule has 0 spiro atoms. The van der Waals surface area contributed by atoms with Gasteiger partial charge in [-0.1, -0.05) is 6.58 Å². The first kappa shape index (κ1) is 10.9. The lowest BCUT2D eigenvalue weighted by Crippen LogP contribution is -2.28. The molecule has 1 aliphatic heterocycles. The van der Waals surface area contributed by atoms with Gasteiger partial charge < -0.3 is 5.32 Å². The number of carbonyl (C=O) groups excluding carboxylic acids is 1. The minimum Gasteiger partial charge on any atom is -0.317 e. The van der Waals surface area contributed by atoms with E-state index in [1.807, 2.05) is 0 Å². The highest BCUT2D eigenvalue weighted by Gasteiger charge is 2.14. The fraction of sp³-hybridized carbons (Fsp3) is 0.700. The zero-order valence-corrected chi connectivity index (χ0v) is 9.23. The summed E-state index contributed by atoms with van der Waals surface area (Å²) in [5, 5.41) is 3.33. The molecule has 1 heterocycles. The maximum atomic E-state index is 11.3. The summed E-state index contributed by atoms with van der Waals surface area (Å²) in [6.07, 6.45) is 3.54. The highest BCUT2D eigenvalue weighted by atomic mass is 31.1. The largest absolute Gasteiger partial charge is 0.317 e. The van der Waals surface area contributed by atoms with E-state index < -0.39 is 0 Å². The van der Waals surface area contributed by atoms with Gasteiger partial charge >= 0.3 is 0 Å². The number of allylic oxidation sites excluding steroid dienone is 1. The molecule has 0 amide bonds. The SMILES string of the molecule is C=C(C)C(=O)PCC1CCNCC1. The van der Waals surface area contributed by atoms with Crippen LogP contribution in [0.1, 0.15) is 19.8 Å². The Balaban J connectivity index is 2.17. The second kappa shape index (κ2) is 5.51. The minimum absolute atomic E-state index is 0.263. The average Bonchev–Trinajstić information content (AvgIpc) is 2.15. The van der Waals surface area contributed by atoms with E-state index in [-0.39, 0.29) is 5.52 Å². The molecule has 0 bridgehead atoms. The molecule has 1 N–H and O–H groups in total. The summed E-state index contributed by atoms with van der Waals surface area (Å²) >= 11 is 0. The highest BCUT2D eigenvalue weighted by Crippen LogP contribution is 2.24. The monoisotopic (exact) mass is 199 g/mol. The molecule has 1 fully saturated rings. The Kier molecular flexibility index (Phi) is 4.61. The van der Waals surface area contributed by atoms with E-state index in [9.17, 15) is 4.79 Å². The third-order valence-electron chi connectivity index (χ3n) is 2.40. The van der Waals surface area contributed by atoms with Gasteiger partial charge in [-0.2, -0.15) is 0 Å². The van der Waals surface area contributed by atoms with E-state index in [0.29, 0.717) is 14.2 Å². The second-order valence-corrected chi connectivity index (χ2v) is 4.90. The fourth-order valence-electron chi connectivity index (χ4n) is 1.47. The topological polar surface area (TPSA) is 29.1 Å². The van der Waals surface area contributed by atoms with Crippen molar-refractivity contribution in [1.82, 2.24) is 5.32 Å². The highest BCUT2D eigenvalue weighted by molar-refractivity contribution is 7.58. The molecule has 1 atom stereocenters. The molecular weight excluding hydrogens is 181 g/mol. The summed E-state index contributed by atoms with van der Waals surface area (Å²) < 4.78 is 0. The van der Waals surface area contributed by atoms with Crippen LogP contribution in [0.2, 0.25) is 0 Å². The number of hydrogen-bond donors (Lipinski definition) is 1. The molecule has 0 aromatic carbocycles. The Labute approximate surface area is 82.0 Å². The van der Waals surface area contributed by atoms with Crippen LogP contribution in [0, 0.1) is 5.92 Å². The first-order valence-corrected chi connectivity index (χ1v) is 6.05. The molecule has 1 saturated heterocycles. The Morgan fingerprint density at radius 3 is 2.69 bits per heavy atom. The lowest BCUT2D eigenvalue weighted by molar-refractivity contribution is -0.108. The van der Waals surface area contributed by atoms with Crippen molar-refractivity contribution in [2.24, 2.45) is 5.92 Å². The van der Waals surface area contributed by atoms with Crippen molar-refractivity contribution < 1.29 is 4.79 Å². The van der Waals surface area contributed by atoms with Gasteiger partial charge in [0.25, 0.3) is 0 Å². The van der Waals surface area contributed by atoms with Gasteiger partial charge in [0.2, 0.25) is 0 Å². The van der Waals surface area contributed by atoms with Crippen molar-refractivity contribution in [3.8, 4) is 0 Å². The zero-order valence-electron chi connectivity index (χ0n) is 8.23. The molecule has 13 heavy (non-hydrogen) atoms. The van der Waals surface area contributed by atoms with Gasteiger partial charge in [0.15, 0.2) is 5.52 Å². The Bertz CT molecular complexity index is 197. The van der Waals surface area contributed by atoms with E-state index in [0.717, 1.165) is 25.2 Å². The van der Waals surface area contributed by atoms with Crippen molar-refractivity contribution in [2.45, 2.75) is 19.8 Å². The summed E-state index contributed by atoms with van der Waals surface area (Å²) in [4.78, 5) is 11.3. The van der Waals surface area contributed by atoms with Crippen molar-refractivity contribution in [3.63, 3.8) is 0 Å². The van der Waals surface area contributed by atoms with Gasteiger partial charge in [-0.05, 0) is 59.1 Å². The number of piperidine rings is 1. The van der Waals surface area contributed by atoms with Crippen LogP contribution in [0.4, 0.5) is 0 Å². The summed E-state index contributed by atoms with van der Waals surface area (Å²) in [6, 6.07) is 0. The molecule has 3 heteroatoms. The standard InChI is InChI=1S/C10H18NOP/c1-8(2)10(12)13-7-9-3-5-11-6-4-9/h9,11,13H,1,3-7H2,2H3. The van der Waals surface area contributed by atoms with E-state index in [2.05, 4.69) is 11.9 Å². The molecule has 0 aromatic rings. The second-order valence-electron chi connectivity index (χ2n) is 3.68. The summed E-state index contributed by atoms with van der Waals surface area (Å²) in [5.41, 5.74) is 0.978. The van der Waals surface area contributed by atoms with Crippen molar-refractivity contribution in [2.75, 3.05) is 19.3 Å². The summed E-state index contributed by atoms with van der Waals surface area (Å²) in [5.74, 6) is 0.767. The van der Waals surface area contributed by atoms with Gasteiger partial charge in [-0.3, -0.25) is 4.79 Å². The predicted molar refractivity (Wildman–Crippen MR) is 58.6 cm³/mol. The van der Waals surface area contributed by atoms with Crippen LogP contribution in [0.5, 0.6) is 0 Å². The van der Waals surface area contributed by atoms with E-state index >= 15 is 0 Å². The average molecular weight is 199 g/mol. The molecule has 0 aromatic heterocycles. The Morgan fingerprint density at radius 2 is 2.15 bits per heavy atom. The van der Waals surface area contributed by atoms with E-state index in [4.69, 9.17) is 0 Å². The van der Waals surface area contributed by atoms with Gasteiger partial charge in [0, 0.05) is 0 Å². The van der Waals surface area contributed by atoms with Crippen LogP contribution in [0.3, 0.4) is 0 Å². The van der Waals surface area contributed by atoms with Crippen molar-refractivity contribution >= 4 is 14.1 Å². The molecular formula is C10H18NOP. The fourth-order valence-corrected chi connectivity index (χ4v) is 2.66. The molecule has 0 radical (unpaired) electrons. The van der Waals surface area contributed by atoms with Crippen LogP contribution < -0.4 is 5.32 Å². The predicted octanol–water partition coefficient (Wildman–Crippen LogP) is 1.77. The first-order valence-electron chi connectivity index (χ1n) is 4.84. The van der Waals surface area contributed by atoms with Gasteiger partial charge in [0.05, 0.1) is 0 Å². The minimum atomic E-state index is 0.263. The normalized spacial score (nSPS) is 19.5. The summed E-state index contributed by atoms with van der Waals surface area (Å²) in [6.45, 7) is 7.71. The molecule has 0 aliphatic carbocycles. The van der Waals surface area contributed by atoms with Crippen LogP contribution in [0.25, 0.3) is 0 Å². The number of carbonyl (C=O) groups is 1. The van der Waals surface area contributed by atoms with Crippen LogP contribution in [-0.4, -0.2) is 24.8 Å². The zero-order chi connectivity index (χ0) is 9.68. The maximum Gasteiger partial charge on any atom is 0.176 e. The lowest BCUT2D eigenvalue weighted by atomic mass is 10.0.